The molecule has 0 aliphatic carbocycles. The van der Waals surface area contributed by atoms with Gasteiger partial charge in [0.25, 0.3) is 0 Å². The summed E-state index contributed by atoms with van der Waals surface area (Å²) in [5.74, 6) is 1.06. The van der Waals surface area contributed by atoms with Crippen LogP contribution in [0.1, 0.15) is 36.2 Å². The summed E-state index contributed by atoms with van der Waals surface area (Å²) in [5, 5.41) is 10.9. The third-order valence-corrected chi connectivity index (χ3v) is 4.38. The average molecular weight is 373 g/mol. The van der Waals surface area contributed by atoms with E-state index in [1.807, 2.05) is 19.9 Å². The van der Waals surface area contributed by atoms with Gasteiger partial charge in [-0.15, -0.1) is 5.10 Å². The highest BCUT2D eigenvalue weighted by Crippen LogP contribution is 2.19. The maximum atomic E-state index is 12.3. The van der Waals surface area contributed by atoms with Gasteiger partial charge in [0.2, 0.25) is 11.7 Å². The van der Waals surface area contributed by atoms with E-state index in [9.17, 15) is 4.79 Å². The number of rotatable bonds is 6. The molecular formula is C16H19N7O2S. The molecule has 26 heavy (non-hydrogen) atoms. The largest absolute Gasteiger partial charge is 0.337 e. The molecule has 1 N–H and O–H groups in total. The van der Waals surface area contributed by atoms with E-state index in [1.165, 1.54) is 16.4 Å². The Kier molecular flexibility index (Phi) is 5.52. The highest BCUT2D eigenvalue weighted by molar-refractivity contribution is 7.05. The summed E-state index contributed by atoms with van der Waals surface area (Å²) >= 11 is 1.30. The van der Waals surface area contributed by atoms with Crippen LogP contribution in [0.2, 0.25) is 0 Å². The number of hydrogen-bond acceptors (Lipinski definition) is 8. The minimum Gasteiger partial charge on any atom is -0.337 e. The molecule has 0 fully saturated rings. The summed E-state index contributed by atoms with van der Waals surface area (Å²) in [6.45, 7) is 4.68. The van der Waals surface area contributed by atoms with Crippen molar-refractivity contribution in [3.8, 4) is 11.4 Å². The fourth-order valence-electron chi connectivity index (χ4n) is 2.27. The first-order valence-corrected chi connectivity index (χ1v) is 8.85. The summed E-state index contributed by atoms with van der Waals surface area (Å²) < 4.78 is 9.17. The van der Waals surface area contributed by atoms with Crippen molar-refractivity contribution in [2.75, 3.05) is 7.05 Å². The van der Waals surface area contributed by atoms with E-state index in [4.69, 9.17) is 4.52 Å². The van der Waals surface area contributed by atoms with Gasteiger partial charge in [0, 0.05) is 25.0 Å². The van der Waals surface area contributed by atoms with Crippen molar-refractivity contribution in [1.29, 1.82) is 0 Å². The van der Waals surface area contributed by atoms with Crippen molar-refractivity contribution in [3.05, 3.63) is 41.0 Å². The Morgan fingerprint density at radius 2 is 2.27 bits per heavy atom. The van der Waals surface area contributed by atoms with Crippen molar-refractivity contribution >= 4 is 17.6 Å². The van der Waals surface area contributed by atoms with Gasteiger partial charge in [-0.3, -0.25) is 4.98 Å². The Balaban J connectivity index is 1.56. The maximum absolute atomic E-state index is 12.3. The Hall–Kier alpha value is -2.88. The molecule has 0 saturated carbocycles. The standard InChI is InChI=1S/C16H19N7O2S/c1-10(2)14-12(26-22-20-14)8-18-16(24)23(3)9-13-19-15(21-25-13)11-5-4-6-17-7-11/h4-7,10H,8-9H2,1-3H3,(H,18,24). The monoisotopic (exact) mass is 373 g/mol. The first-order valence-electron chi connectivity index (χ1n) is 8.07. The molecule has 0 spiro atoms. The number of carbonyl (C=O) groups excluding carboxylic acids is 1. The van der Waals surface area contributed by atoms with Crippen LogP contribution in [0.5, 0.6) is 0 Å². The van der Waals surface area contributed by atoms with Gasteiger partial charge in [0.1, 0.15) is 6.54 Å². The quantitative estimate of drug-likeness (QED) is 0.706. The molecule has 0 radical (unpaired) electrons. The van der Waals surface area contributed by atoms with Gasteiger partial charge in [-0.2, -0.15) is 4.98 Å². The van der Waals surface area contributed by atoms with E-state index in [0.717, 1.165) is 16.1 Å². The van der Waals surface area contributed by atoms with Crippen LogP contribution in [0.4, 0.5) is 4.79 Å². The molecule has 3 rings (SSSR count). The molecule has 0 bridgehead atoms. The van der Waals surface area contributed by atoms with Gasteiger partial charge >= 0.3 is 6.03 Å². The lowest BCUT2D eigenvalue weighted by Gasteiger charge is -2.15. The van der Waals surface area contributed by atoms with Crippen molar-refractivity contribution in [1.82, 2.24) is 34.9 Å². The van der Waals surface area contributed by atoms with Crippen molar-refractivity contribution in [2.45, 2.75) is 32.9 Å². The summed E-state index contributed by atoms with van der Waals surface area (Å²) in [7, 11) is 1.66. The fraction of sp³-hybridized carbons (Fsp3) is 0.375. The van der Waals surface area contributed by atoms with Gasteiger partial charge in [-0.1, -0.05) is 23.5 Å². The van der Waals surface area contributed by atoms with E-state index >= 15 is 0 Å². The van der Waals surface area contributed by atoms with Crippen LogP contribution < -0.4 is 5.32 Å². The molecule has 0 saturated heterocycles. The smallest absolute Gasteiger partial charge is 0.317 e. The second-order valence-electron chi connectivity index (χ2n) is 6.00. The fourth-order valence-corrected chi connectivity index (χ4v) is 3.01. The molecule has 0 aromatic carbocycles. The predicted octanol–water partition coefficient (Wildman–Crippen LogP) is 2.45. The average Bonchev–Trinajstić information content (AvgIpc) is 3.29. The zero-order valence-corrected chi connectivity index (χ0v) is 15.5. The summed E-state index contributed by atoms with van der Waals surface area (Å²) in [4.78, 5) is 23.0. The number of carbonyl (C=O) groups is 1. The highest BCUT2D eigenvalue weighted by Gasteiger charge is 2.17. The zero-order chi connectivity index (χ0) is 18.5. The Morgan fingerprint density at radius 1 is 1.42 bits per heavy atom. The van der Waals surface area contributed by atoms with Crippen LogP contribution in [0.3, 0.4) is 0 Å². The number of aromatic nitrogens is 5. The minimum absolute atomic E-state index is 0.205. The van der Waals surface area contributed by atoms with Crippen LogP contribution in [-0.2, 0) is 13.1 Å². The summed E-state index contributed by atoms with van der Waals surface area (Å²) in [5.41, 5.74) is 1.67. The number of hydrogen-bond donors (Lipinski definition) is 1. The number of amides is 2. The third-order valence-electron chi connectivity index (χ3n) is 3.64. The normalized spacial score (nSPS) is 10.9. The predicted molar refractivity (Wildman–Crippen MR) is 95.2 cm³/mol. The van der Waals surface area contributed by atoms with Gasteiger partial charge in [-0.05, 0) is 29.6 Å². The topological polar surface area (TPSA) is 110 Å². The number of pyridine rings is 1. The second kappa shape index (κ2) is 8.00. The number of urea groups is 1. The lowest BCUT2D eigenvalue weighted by molar-refractivity contribution is 0.199. The minimum atomic E-state index is -0.241. The van der Waals surface area contributed by atoms with E-state index in [0.29, 0.717) is 18.3 Å². The number of nitrogens with zero attached hydrogens (tertiary/aromatic N) is 6. The van der Waals surface area contributed by atoms with Crippen molar-refractivity contribution in [3.63, 3.8) is 0 Å². The van der Waals surface area contributed by atoms with Gasteiger partial charge in [0.05, 0.1) is 17.1 Å². The van der Waals surface area contributed by atoms with Gasteiger partial charge in [-0.25, -0.2) is 4.79 Å². The van der Waals surface area contributed by atoms with Gasteiger partial charge < -0.3 is 14.7 Å². The van der Waals surface area contributed by atoms with E-state index in [2.05, 4.69) is 30.0 Å². The zero-order valence-electron chi connectivity index (χ0n) is 14.7. The van der Waals surface area contributed by atoms with Crippen LogP contribution in [0.25, 0.3) is 11.4 Å². The molecule has 3 aromatic heterocycles. The van der Waals surface area contributed by atoms with Gasteiger partial charge in [0.15, 0.2) is 0 Å². The molecule has 3 aromatic rings. The molecule has 2 amide bonds. The molecule has 0 unspecified atom stereocenters. The Labute approximate surface area is 154 Å². The maximum Gasteiger partial charge on any atom is 0.317 e. The number of nitrogens with one attached hydrogen (secondary N) is 1. The molecule has 0 atom stereocenters. The summed E-state index contributed by atoms with van der Waals surface area (Å²) in [6.07, 6.45) is 3.33. The lowest BCUT2D eigenvalue weighted by Crippen LogP contribution is -2.36. The molecule has 9 nitrogen and oxygen atoms in total. The van der Waals surface area contributed by atoms with E-state index < -0.39 is 0 Å². The second-order valence-corrected chi connectivity index (χ2v) is 6.84. The first kappa shape index (κ1) is 17.9. The Bertz CT molecular complexity index is 862. The molecule has 136 valence electrons. The van der Waals surface area contributed by atoms with E-state index in [-0.39, 0.29) is 18.5 Å². The van der Waals surface area contributed by atoms with E-state index in [1.54, 1.807) is 25.5 Å². The van der Waals surface area contributed by atoms with Crippen molar-refractivity contribution in [2.24, 2.45) is 0 Å². The van der Waals surface area contributed by atoms with Crippen LogP contribution in [0.15, 0.2) is 29.0 Å². The van der Waals surface area contributed by atoms with Crippen LogP contribution >= 0.6 is 11.5 Å². The van der Waals surface area contributed by atoms with Crippen molar-refractivity contribution < 1.29 is 9.32 Å². The SMILES string of the molecule is CC(C)c1nnsc1CNC(=O)N(C)Cc1nc(-c2cccnc2)no1. The molecule has 3 heterocycles. The molecule has 0 aliphatic rings. The first-order chi connectivity index (χ1) is 12.5. The Morgan fingerprint density at radius 3 is 3.00 bits per heavy atom. The lowest BCUT2D eigenvalue weighted by atomic mass is 10.1. The molecule has 0 aliphatic heterocycles. The summed E-state index contributed by atoms with van der Waals surface area (Å²) in [6, 6.07) is 3.40. The highest BCUT2D eigenvalue weighted by atomic mass is 32.1. The molecular weight excluding hydrogens is 354 g/mol. The third kappa shape index (κ3) is 4.20. The van der Waals surface area contributed by atoms with Crippen LogP contribution in [0, 0.1) is 0 Å². The van der Waals surface area contributed by atoms with Crippen LogP contribution in [-0.4, -0.2) is 42.7 Å². The molecule has 10 heteroatoms.